The van der Waals surface area contributed by atoms with E-state index in [-0.39, 0.29) is 46.8 Å². The van der Waals surface area contributed by atoms with Crippen molar-refractivity contribution in [1.82, 2.24) is 4.98 Å². The standard InChI is InChI=1S/C18H6Cl6F3N/c19-11-3-1-8(13(21)15(11)23)7-5-10(18(25,26)27)17(28-6-7)9-2-4-12(20)16(24)14(9)22/h1-6H. The van der Waals surface area contributed by atoms with Gasteiger partial charge in [-0.05, 0) is 24.3 Å². The summed E-state index contributed by atoms with van der Waals surface area (Å²) in [5.41, 5.74) is -1.06. The van der Waals surface area contributed by atoms with Gasteiger partial charge < -0.3 is 0 Å². The molecule has 28 heavy (non-hydrogen) atoms. The zero-order valence-corrected chi connectivity index (χ0v) is 17.8. The van der Waals surface area contributed by atoms with Crippen LogP contribution in [0.5, 0.6) is 0 Å². The van der Waals surface area contributed by atoms with Gasteiger partial charge in [-0.1, -0.05) is 75.7 Å². The van der Waals surface area contributed by atoms with Crippen molar-refractivity contribution in [2.45, 2.75) is 6.18 Å². The van der Waals surface area contributed by atoms with Gasteiger partial charge >= 0.3 is 6.18 Å². The first-order valence-corrected chi connectivity index (χ1v) is 9.64. The maximum atomic E-state index is 13.8. The van der Waals surface area contributed by atoms with Crippen LogP contribution < -0.4 is 0 Å². The normalized spacial score (nSPS) is 11.8. The summed E-state index contributed by atoms with van der Waals surface area (Å²) < 4.78 is 41.3. The fourth-order valence-electron chi connectivity index (χ4n) is 2.50. The van der Waals surface area contributed by atoms with Crippen LogP contribution in [0.3, 0.4) is 0 Å². The van der Waals surface area contributed by atoms with Gasteiger partial charge in [-0.2, -0.15) is 13.2 Å². The van der Waals surface area contributed by atoms with Crippen LogP contribution in [0.25, 0.3) is 22.4 Å². The molecule has 3 aromatic rings. The van der Waals surface area contributed by atoms with Gasteiger partial charge in [0.15, 0.2) is 0 Å². The monoisotopic (exact) mass is 503 g/mol. The van der Waals surface area contributed by atoms with Gasteiger partial charge in [0.1, 0.15) is 0 Å². The molecule has 10 heteroatoms. The Labute approximate surface area is 187 Å². The molecule has 0 bridgehead atoms. The number of rotatable bonds is 2. The molecule has 3 rings (SSSR count). The molecule has 1 nitrogen and oxygen atoms in total. The molecule has 0 saturated carbocycles. The first-order valence-electron chi connectivity index (χ1n) is 7.37. The Morgan fingerprint density at radius 2 is 1.18 bits per heavy atom. The Morgan fingerprint density at radius 1 is 0.679 bits per heavy atom. The van der Waals surface area contributed by atoms with Crippen molar-refractivity contribution in [1.29, 1.82) is 0 Å². The maximum Gasteiger partial charge on any atom is 0.418 e. The highest BCUT2D eigenvalue weighted by atomic mass is 35.5. The van der Waals surface area contributed by atoms with E-state index in [0.29, 0.717) is 0 Å². The summed E-state index contributed by atoms with van der Waals surface area (Å²) in [5, 5.41) is 0.150. The van der Waals surface area contributed by atoms with Crippen LogP contribution in [0, 0.1) is 0 Å². The molecular weight excluding hydrogens is 500 g/mol. The van der Waals surface area contributed by atoms with Crippen molar-refractivity contribution in [3.05, 3.63) is 72.2 Å². The van der Waals surface area contributed by atoms with Crippen molar-refractivity contribution < 1.29 is 13.2 Å². The molecule has 0 N–H and O–H groups in total. The van der Waals surface area contributed by atoms with E-state index in [0.717, 1.165) is 6.07 Å². The highest BCUT2D eigenvalue weighted by Crippen LogP contribution is 2.45. The van der Waals surface area contributed by atoms with Crippen LogP contribution in [0.1, 0.15) is 5.56 Å². The second-order valence-corrected chi connectivity index (χ2v) is 7.89. The lowest BCUT2D eigenvalue weighted by Crippen LogP contribution is -2.09. The minimum Gasteiger partial charge on any atom is -0.255 e. The van der Waals surface area contributed by atoms with Crippen LogP contribution in [-0.4, -0.2) is 4.98 Å². The van der Waals surface area contributed by atoms with Gasteiger partial charge in [0.2, 0.25) is 0 Å². The van der Waals surface area contributed by atoms with Gasteiger partial charge in [-0.15, -0.1) is 0 Å². The summed E-state index contributed by atoms with van der Waals surface area (Å²) in [6.07, 6.45) is -3.49. The minimum atomic E-state index is -4.73. The van der Waals surface area contributed by atoms with Gasteiger partial charge in [0.25, 0.3) is 0 Å². The van der Waals surface area contributed by atoms with Crippen molar-refractivity contribution in [2.24, 2.45) is 0 Å². The lowest BCUT2D eigenvalue weighted by Gasteiger charge is -2.16. The third-order valence-corrected chi connectivity index (χ3v) is 6.42. The Hall–Kier alpha value is -0.880. The minimum absolute atomic E-state index is 0.00447. The van der Waals surface area contributed by atoms with E-state index in [1.807, 2.05) is 0 Å². The largest absolute Gasteiger partial charge is 0.418 e. The SMILES string of the molecule is FC(F)(F)c1cc(-c2ccc(Cl)c(Cl)c2Cl)cnc1-c1ccc(Cl)c(Cl)c1Cl. The van der Waals surface area contributed by atoms with E-state index in [9.17, 15) is 13.2 Å². The molecule has 1 aromatic heterocycles. The number of hydrogen-bond donors (Lipinski definition) is 0. The molecule has 0 aliphatic heterocycles. The van der Waals surface area contributed by atoms with E-state index < -0.39 is 17.4 Å². The smallest absolute Gasteiger partial charge is 0.255 e. The van der Waals surface area contributed by atoms with Crippen molar-refractivity contribution in [2.75, 3.05) is 0 Å². The van der Waals surface area contributed by atoms with E-state index in [1.54, 1.807) is 0 Å². The number of aromatic nitrogens is 1. The second-order valence-electron chi connectivity index (χ2n) is 5.56. The van der Waals surface area contributed by atoms with Gasteiger partial charge in [0, 0.05) is 22.9 Å². The van der Waals surface area contributed by atoms with Crippen LogP contribution in [0.2, 0.25) is 30.1 Å². The molecule has 0 atom stereocenters. The Balaban J connectivity index is 2.26. The highest BCUT2D eigenvalue weighted by molar-refractivity contribution is 6.49. The molecule has 0 amide bonds. The third kappa shape index (κ3) is 4.04. The summed E-state index contributed by atoms with van der Waals surface area (Å²) in [6.45, 7) is 0. The topological polar surface area (TPSA) is 12.9 Å². The lowest BCUT2D eigenvalue weighted by molar-refractivity contribution is -0.137. The molecule has 0 radical (unpaired) electrons. The Bertz CT molecular complexity index is 1080. The predicted molar refractivity (Wildman–Crippen MR) is 110 cm³/mol. The summed E-state index contributed by atoms with van der Waals surface area (Å²) in [7, 11) is 0. The number of benzene rings is 2. The summed E-state index contributed by atoms with van der Waals surface area (Å²) in [6, 6.07) is 6.46. The van der Waals surface area contributed by atoms with Crippen molar-refractivity contribution in [3.63, 3.8) is 0 Å². The lowest BCUT2D eigenvalue weighted by atomic mass is 10.00. The average Bonchev–Trinajstić information content (AvgIpc) is 2.64. The zero-order chi connectivity index (χ0) is 20.8. The molecule has 0 unspecified atom stereocenters. The van der Waals surface area contributed by atoms with E-state index >= 15 is 0 Å². The third-order valence-electron chi connectivity index (χ3n) is 3.83. The van der Waals surface area contributed by atoms with Gasteiger partial charge in [-0.3, -0.25) is 4.98 Å². The Morgan fingerprint density at radius 3 is 1.71 bits per heavy atom. The second kappa shape index (κ2) is 8.10. The van der Waals surface area contributed by atoms with Crippen LogP contribution >= 0.6 is 69.6 Å². The van der Waals surface area contributed by atoms with Crippen LogP contribution in [-0.2, 0) is 6.18 Å². The number of pyridine rings is 1. The maximum absolute atomic E-state index is 13.8. The zero-order valence-electron chi connectivity index (χ0n) is 13.3. The van der Waals surface area contributed by atoms with Crippen molar-refractivity contribution >= 4 is 69.6 Å². The van der Waals surface area contributed by atoms with Gasteiger partial charge in [0.05, 0.1) is 41.4 Å². The predicted octanol–water partition coefficient (Wildman–Crippen LogP) is 9.35. The molecule has 2 aromatic carbocycles. The average molecular weight is 506 g/mol. The fraction of sp³-hybridized carbons (Fsp3) is 0.0556. The van der Waals surface area contributed by atoms with E-state index in [2.05, 4.69) is 4.98 Å². The quantitative estimate of drug-likeness (QED) is 0.316. The first-order chi connectivity index (χ1) is 13.0. The molecule has 0 fully saturated rings. The number of nitrogens with zero attached hydrogens (tertiary/aromatic N) is 1. The molecule has 0 aliphatic rings. The number of hydrogen-bond acceptors (Lipinski definition) is 1. The molecule has 0 spiro atoms. The van der Waals surface area contributed by atoms with E-state index in [4.69, 9.17) is 69.6 Å². The molecule has 0 aliphatic carbocycles. The molecular formula is C18H6Cl6F3N. The number of halogens is 9. The first kappa shape index (κ1) is 21.8. The van der Waals surface area contributed by atoms with E-state index in [1.165, 1.54) is 30.5 Å². The van der Waals surface area contributed by atoms with Gasteiger partial charge in [-0.25, -0.2) is 0 Å². The summed E-state index contributed by atoms with van der Waals surface area (Å²) in [4.78, 5) is 3.98. The van der Waals surface area contributed by atoms with Crippen LogP contribution in [0.15, 0.2) is 36.5 Å². The molecule has 146 valence electrons. The Kier molecular flexibility index (Phi) is 6.31. The highest BCUT2D eigenvalue weighted by Gasteiger charge is 2.36. The van der Waals surface area contributed by atoms with Crippen LogP contribution in [0.4, 0.5) is 13.2 Å². The molecule has 0 saturated heterocycles. The fourth-order valence-corrected chi connectivity index (χ4v) is 3.77. The number of alkyl halides is 3. The summed E-state index contributed by atoms with van der Waals surface area (Å²) >= 11 is 35.9. The van der Waals surface area contributed by atoms with Crippen molar-refractivity contribution in [3.8, 4) is 22.4 Å². The molecule has 1 heterocycles. The summed E-state index contributed by atoms with van der Waals surface area (Å²) in [5.74, 6) is 0.